The molecule has 1 N–H and O–H groups in total. The molecule has 30 heavy (non-hydrogen) atoms. The fourth-order valence-corrected chi connectivity index (χ4v) is 4.79. The van der Waals surface area contributed by atoms with Crippen molar-refractivity contribution in [1.29, 1.82) is 0 Å². The van der Waals surface area contributed by atoms with Gasteiger partial charge in [0.15, 0.2) is 0 Å². The molecule has 0 spiro atoms. The lowest BCUT2D eigenvalue weighted by Crippen LogP contribution is -2.60. The third kappa shape index (κ3) is 5.53. The smallest absolute Gasteiger partial charge is 0.234 e. The third-order valence-corrected chi connectivity index (χ3v) is 6.37. The summed E-state index contributed by atoms with van der Waals surface area (Å²) in [4.78, 5) is 17.5. The number of morpholine rings is 1. The Bertz CT molecular complexity index is 711. The molecule has 7 nitrogen and oxygen atoms in total. The topological polar surface area (TPSA) is 71.1 Å². The van der Waals surface area contributed by atoms with E-state index in [2.05, 4.69) is 15.1 Å². The van der Waals surface area contributed by atoms with E-state index in [1.807, 2.05) is 24.3 Å². The highest BCUT2D eigenvalue weighted by atomic mass is 16.5. The van der Waals surface area contributed by atoms with Crippen LogP contribution in [0.4, 0.5) is 0 Å². The summed E-state index contributed by atoms with van der Waals surface area (Å²) in [5.41, 5.74) is 0.0740. The standard InChI is InChI=1S/C23H33N3O4/c27-22(18-25(16-20-6-4-12-29-20)17-21-7-5-13-30-21)24-19-23(8-2-1-3-9-23)26-10-14-28-15-11-26/h4-7,12-13H,1-3,8-11,14-19H2,(H,24,27). The van der Waals surface area contributed by atoms with Gasteiger partial charge in [0.25, 0.3) is 0 Å². The van der Waals surface area contributed by atoms with E-state index in [4.69, 9.17) is 13.6 Å². The van der Waals surface area contributed by atoms with E-state index in [0.29, 0.717) is 26.2 Å². The lowest BCUT2D eigenvalue weighted by Gasteiger charge is -2.48. The van der Waals surface area contributed by atoms with E-state index in [9.17, 15) is 4.79 Å². The Kier molecular flexibility index (Phi) is 7.25. The van der Waals surface area contributed by atoms with Crippen LogP contribution in [-0.2, 0) is 22.6 Å². The van der Waals surface area contributed by atoms with Crippen LogP contribution in [0.2, 0.25) is 0 Å². The summed E-state index contributed by atoms with van der Waals surface area (Å²) in [6.45, 7) is 5.64. The van der Waals surface area contributed by atoms with Crippen LogP contribution in [0.25, 0.3) is 0 Å². The number of hydrogen-bond acceptors (Lipinski definition) is 6. The molecule has 3 heterocycles. The van der Waals surface area contributed by atoms with Gasteiger partial charge >= 0.3 is 0 Å². The zero-order valence-corrected chi connectivity index (χ0v) is 17.7. The summed E-state index contributed by atoms with van der Waals surface area (Å²) < 4.78 is 16.5. The molecule has 1 saturated heterocycles. The van der Waals surface area contributed by atoms with E-state index < -0.39 is 0 Å². The molecule has 2 aromatic heterocycles. The zero-order valence-electron chi connectivity index (χ0n) is 17.7. The highest BCUT2D eigenvalue weighted by molar-refractivity contribution is 5.78. The highest BCUT2D eigenvalue weighted by Crippen LogP contribution is 2.33. The second-order valence-electron chi connectivity index (χ2n) is 8.47. The molecule has 2 aromatic rings. The Morgan fingerprint density at radius 2 is 1.63 bits per heavy atom. The Labute approximate surface area is 178 Å². The molecule has 4 rings (SSSR count). The minimum absolute atomic E-state index is 0.0475. The van der Waals surface area contributed by atoms with Crippen LogP contribution >= 0.6 is 0 Å². The molecule has 0 unspecified atom stereocenters. The summed E-state index contributed by atoms with van der Waals surface area (Å²) >= 11 is 0. The first-order valence-corrected chi connectivity index (χ1v) is 11.1. The Hall–Kier alpha value is -2.09. The molecule has 1 amide bonds. The second-order valence-corrected chi connectivity index (χ2v) is 8.47. The molecule has 1 aliphatic heterocycles. The average Bonchev–Trinajstić information content (AvgIpc) is 3.48. The molecule has 1 aliphatic carbocycles. The lowest BCUT2D eigenvalue weighted by atomic mass is 9.79. The van der Waals surface area contributed by atoms with Crippen molar-refractivity contribution in [1.82, 2.24) is 15.1 Å². The predicted octanol–water partition coefficient (Wildman–Crippen LogP) is 3.03. The maximum Gasteiger partial charge on any atom is 0.234 e. The minimum Gasteiger partial charge on any atom is -0.468 e. The number of carbonyl (C=O) groups is 1. The summed E-state index contributed by atoms with van der Waals surface area (Å²) in [6.07, 6.45) is 9.38. The Morgan fingerprint density at radius 1 is 1.00 bits per heavy atom. The molecule has 1 saturated carbocycles. The third-order valence-electron chi connectivity index (χ3n) is 6.37. The predicted molar refractivity (Wildman–Crippen MR) is 113 cm³/mol. The van der Waals surface area contributed by atoms with Gasteiger partial charge in [0, 0.05) is 25.2 Å². The molecule has 7 heteroatoms. The van der Waals surface area contributed by atoms with Crippen LogP contribution in [0.3, 0.4) is 0 Å². The summed E-state index contributed by atoms with van der Waals surface area (Å²) in [5.74, 6) is 1.73. The van der Waals surface area contributed by atoms with E-state index in [0.717, 1.165) is 50.7 Å². The molecular formula is C23H33N3O4. The monoisotopic (exact) mass is 415 g/mol. The van der Waals surface area contributed by atoms with E-state index in [1.165, 1.54) is 19.3 Å². The zero-order chi connectivity index (χ0) is 20.7. The molecular weight excluding hydrogens is 382 g/mol. The van der Waals surface area contributed by atoms with Crippen LogP contribution in [0.5, 0.6) is 0 Å². The van der Waals surface area contributed by atoms with Crippen molar-refractivity contribution in [3.05, 3.63) is 48.3 Å². The highest BCUT2D eigenvalue weighted by Gasteiger charge is 2.38. The van der Waals surface area contributed by atoms with Gasteiger partial charge in [0.05, 0.1) is 45.4 Å². The minimum atomic E-state index is 0.0475. The molecule has 164 valence electrons. The van der Waals surface area contributed by atoms with E-state index >= 15 is 0 Å². The van der Waals surface area contributed by atoms with Crippen LogP contribution in [-0.4, -0.2) is 60.6 Å². The van der Waals surface area contributed by atoms with Crippen molar-refractivity contribution >= 4 is 5.91 Å². The molecule has 0 radical (unpaired) electrons. The second kappa shape index (κ2) is 10.3. The van der Waals surface area contributed by atoms with Crippen molar-refractivity contribution in [2.24, 2.45) is 0 Å². The molecule has 0 atom stereocenters. The number of nitrogens with one attached hydrogen (secondary N) is 1. The number of carbonyl (C=O) groups excluding carboxylic acids is 1. The van der Waals surface area contributed by atoms with Crippen LogP contribution in [0.15, 0.2) is 45.6 Å². The van der Waals surface area contributed by atoms with Crippen molar-refractivity contribution in [2.75, 3.05) is 39.4 Å². The number of hydrogen-bond donors (Lipinski definition) is 1. The first kappa shape index (κ1) is 21.2. The van der Waals surface area contributed by atoms with Gasteiger partial charge in [-0.05, 0) is 37.1 Å². The van der Waals surface area contributed by atoms with Crippen molar-refractivity contribution in [3.8, 4) is 0 Å². The lowest BCUT2D eigenvalue weighted by molar-refractivity contribution is -0.124. The van der Waals surface area contributed by atoms with Crippen molar-refractivity contribution < 1.29 is 18.4 Å². The Balaban J connectivity index is 1.36. The average molecular weight is 416 g/mol. The fraction of sp³-hybridized carbons (Fsp3) is 0.609. The number of ether oxygens (including phenoxy) is 1. The number of furan rings is 2. The van der Waals surface area contributed by atoms with E-state index in [1.54, 1.807) is 12.5 Å². The van der Waals surface area contributed by atoms with Gasteiger partial charge in [-0.3, -0.25) is 14.6 Å². The van der Waals surface area contributed by atoms with Gasteiger partial charge in [0.1, 0.15) is 11.5 Å². The number of rotatable bonds is 9. The number of nitrogens with zero attached hydrogens (tertiary/aromatic N) is 2. The normalized spacial score (nSPS) is 19.8. The first-order chi connectivity index (χ1) is 14.7. The molecule has 2 aliphatic rings. The molecule has 0 bridgehead atoms. The van der Waals surface area contributed by atoms with Crippen molar-refractivity contribution in [2.45, 2.75) is 50.7 Å². The van der Waals surface area contributed by atoms with Crippen LogP contribution < -0.4 is 5.32 Å². The fourth-order valence-electron chi connectivity index (χ4n) is 4.79. The summed E-state index contributed by atoms with van der Waals surface area (Å²) in [6, 6.07) is 7.61. The maximum absolute atomic E-state index is 12.9. The van der Waals surface area contributed by atoms with Crippen LogP contribution in [0.1, 0.15) is 43.6 Å². The Morgan fingerprint density at radius 3 is 2.20 bits per heavy atom. The number of amides is 1. The summed E-state index contributed by atoms with van der Waals surface area (Å²) in [7, 11) is 0. The van der Waals surface area contributed by atoms with Gasteiger partial charge in [-0.25, -0.2) is 0 Å². The summed E-state index contributed by atoms with van der Waals surface area (Å²) in [5, 5.41) is 3.26. The van der Waals surface area contributed by atoms with Gasteiger partial charge < -0.3 is 18.9 Å². The van der Waals surface area contributed by atoms with Gasteiger partial charge in [-0.15, -0.1) is 0 Å². The van der Waals surface area contributed by atoms with Gasteiger partial charge in [0.2, 0.25) is 5.91 Å². The van der Waals surface area contributed by atoms with Gasteiger partial charge in [-0.2, -0.15) is 0 Å². The molecule has 0 aromatic carbocycles. The first-order valence-electron chi connectivity index (χ1n) is 11.1. The molecule has 2 fully saturated rings. The van der Waals surface area contributed by atoms with Crippen molar-refractivity contribution in [3.63, 3.8) is 0 Å². The SMILES string of the molecule is O=C(CN(Cc1ccco1)Cc1ccco1)NCC1(N2CCOCC2)CCCCC1. The van der Waals surface area contributed by atoms with Gasteiger partial charge in [-0.1, -0.05) is 19.3 Å². The van der Waals surface area contributed by atoms with E-state index in [-0.39, 0.29) is 11.4 Å². The quantitative estimate of drug-likeness (QED) is 0.679. The van der Waals surface area contributed by atoms with Crippen LogP contribution in [0, 0.1) is 0 Å². The maximum atomic E-state index is 12.9. The largest absolute Gasteiger partial charge is 0.468 e.